The number of thiazole rings is 1. The molecule has 0 aliphatic carbocycles. The number of nitrogens with one attached hydrogen (secondary N) is 1. The van der Waals surface area contributed by atoms with E-state index in [1.165, 1.54) is 21.8 Å². The molecule has 1 aliphatic rings. The monoisotopic (exact) mass is 407 g/mol. The van der Waals surface area contributed by atoms with E-state index in [9.17, 15) is 9.59 Å². The quantitative estimate of drug-likeness (QED) is 0.685. The van der Waals surface area contributed by atoms with Crippen LogP contribution in [0.5, 0.6) is 5.75 Å². The molecule has 0 fully saturated rings. The van der Waals surface area contributed by atoms with Gasteiger partial charge in [0.05, 0.1) is 16.9 Å². The van der Waals surface area contributed by atoms with Crippen molar-refractivity contribution in [3.05, 3.63) is 58.9 Å². The van der Waals surface area contributed by atoms with Crippen LogP contribution in [0.15, 0.2) is 53.4 Å². The van der Waals surface area contributed by atoms with Crippen molar-refractivity contribution >= 4 is 34.5 Å². The summed E-state index contributed by atoms with van der Waals surface area (Å²) in [5.41, 5.74) is 5.94. The highest BCUT2D eigenvalue weighted by atomic mass is 32.1. The SMILES string of the molecule is CC(C)c1ccc(NC(=O)CN2C(=O)COc3ccc(-c4cscn4)cc32)cc1. The van der Waals surface area contributed by atoms with Crippen LogP contribution < -0.4 is 15.0 Å². The van der Waals surface area contributed by atoms with E-state index in [4.69, 9.17) is 4.74 Å². The number of carbonyl (C=O) groups excluding carboxylic acids is 2. The fourth-order valence-corrected chi connectivity index (χ4v) is 3.75. The molecule has 0 saturated carbocycles. The number of aromatic nitrogens is 1. The minimum absolute atomic E-state index is 0.0817. The Morgan fingerprint density at radius 2 is 2.03 bits per heavy atom. The van der Waals surface area contributed by atoms with Crippen LogP contribution in [0.2, 0.25) is 0 Å². The van der Waals surface area contributed by atoms with Crippen molar-refractivity contribution in [3.63, 3.8) is 0 Å². The highest BCUT2D eigenvalue weighted by Crippen LogP contribution is 2.36. The number of nitrogens with zero attached hydrogens (tertiary/aromatic N) is 2. The van der Waals surface area contributed by atoms with Gasteiger partial charge in [-0.2, -0.15) is 0 Å². The Labute approximate surface area is 173 Å². The highest BCUT2D eigenvalue weighted by Gasteiger charge is 2.28. The van der Waals surface area contributed by atoms with Crippen molar-refractivity contribution in [1.29, 1.82) is 0 Å². The predicted octanol–water partition coefficient (Wildman–Crippen LogP) is 4.30. The average molecular weight is 407 g/mol. The minimum atomic E-state index is -0.262. The van der Waals surface area contributed by atoms with Crippen LogP contribution in [0.4, 0.5) is 11.4 Å². The summed E-state index contributed by atoms with van der Waals surface area (Å²) < 4.78 is 5.53. The first-order chi connectivity index (χ1) is 14.0. The Balaban J connectivity index is 1.53. The standard InChI is InChI=1S/C22H21N3O3S/c1-14(2)15-3-6-17(7-4-15)24-21(26)10-25-19-9-16(18-12-29-13-23-18)5-8-20(19)28-11-22(25)27/h3-9,12-14H,10-11H2,1-2H3,(H,24,26). The second-order valence-electron chi connectivity index (χ2n) is 7.15. The summed E-state index contributed by atoms with van der Waals surface area (Å²) in [5, 5.41) is 4.80. The number of hydrogen-bond acceptors (Lipinski definition) is 5. The number of ether oxygens (including phenoxy) is 1. The van der Waals surface area contributed by atoms with E-state index >= 15 is 0 Å². The van der Waals surface area contributed by atoms with Gasteiger partial charge in [0.2, 0.25) is 5.91 Å². The van der Waals surface area contributed by atoms with E-state index in [0.29, 0.717) is 23.0 Å². The lowest BCUT2D eigenvalue weighted by molar-refractivity contribution is -0.123. The molecule has 4 rings (SSSR count). The Morgan fingerprint density at radius 3 is 2.72 bits per heavy atom. The minimum Gasteiger partial charge on any atom is -0.482 e. The smallest absolute Gasteiger partial charge is 0.265 e. The van der Waals surface area contributed by atoms with Crippen molar-refractivity contribution in [2.24, 2.45) is 0 Å². The average Bonchev–Trinajstić information content (AvgIpc) is 3.25. The molecule has 1 N–H and O–H groups in total. The second kappa shape index (κ2) is 8.05. The number of benzene rings is 2. The number of fused-ring (bicyclic) bond motifs is 1. The molecule has 2 aromatic carbocycles. The van der Waals surface area contributed by atoms with E-state index in [-0.39, 0.29) is 25.0 Å². The van der Waals surface area contributed by atoms with Crippen LogP contribution in [0.25, 0.3) is 11.3 Å². The zero-order valence-corrected chi connectivity index (χ0v) is 17.0. The maximum Gasteiger partial charge on any atom is 0.265 e. The number of hydrogen-bond donors (Lipinski definition) is 1. The van der Waals surface area contributed by atoms with E-state index in [2.05, 4.69) is 24.1 Å². The summed E-state index contributed by atoms with van der Waals surface area (Å²) in [6.45, 7) is 4.07. The maximum absolute atomic E-state index is 12.6. The zero-order valence-electron chi connectivity index (χ0n) is 16.2. The Morgan fingerprint density at radius 1 is 1.24 bits per heavy atom. The van der Waals surface area contributed by atoms with Gasteiger partial charge in [-0.3, -0.25) is 14.5 Å². The molecule has 6 nitrogen and oxygen atoms in total. The van der Waals surface area contributed by atoms with Crippen molar-refractivity contribution in [3.8, 4) is 17.0 Å². The molecule has 1 aliphatic heterocycles. The first-order valence-electron chi connectivity index (χ1n) is 9.37. The molecule has 0 atom stereocenters. The number of amides is 2. The molecule has 29 heavy (non-hydrogen) atoms. The van der Waals surface area contributed by atoms with Gasteiger partial charge in [0.25, 0.3) is 5.91 Å². The van der Waals surface area contributed by atoms with E-state index in [1.54, 1.807) is 5.51 Å². The molecule has 7 heteroatoms. The van der Waals surface area contributed by atoms with Gasteiger partial charge in [-0.15, -0.1) is 11.3 Å². The van der Waals surface area contributed by atoms with Crippen LogP contribution in [-0.4, -0.2) is 29.9 Å². The predicted molar refractivity (Wildman–Crippen MR) is 115 cm³/mol. The van der Waals surface area contributed by atoms with E-state index < -0.39 is 0 Å². The Kier molecular flexibility index (Phi) is 5.31. The third-order valence-electron chi connectivity index (χ3n) is 4.79. The fourth-order valence-electron chi connectivity index (χ4n) is 3.19. The summed E-state index contributed by atoms with van der Waals surface area (Å²) in [4.78, 5) is 30.9. The fraction of sp³-hybridized carbons (Fsp3) is 0.227. The lowest BCUT2D eigenvalue weighted by atomic mass is 10.0. The molecular formula is C22H21N3O3S. The van der Waals surface area contributed by atoms with Gasteiger partial charge in [0.15, 0.2) is 6.61 Å². The lowest BCUT2D eigenvalue weighted by Gasteiger charge is -2.29. The van der Waals surface area contributed by atoms with Gasteiger partial charge in [0.1, 0.15) is 12.3 Å². The summed E-state index contributed by atoms with van der Waals surface area (Å²) in [6, 6.07) is 13.3. The summed E-state index contributed by atoms with van der Waals surface area (Å²) >= 11 is 1.50. The van der Waals surface area contributed by atoms with Crippen molar-refractivity contribution in [2.75, 3.05) is 23.4 Å². The Hall–Kier alpha value is -3.19. The molecule has 0 bridgehead atoms. The normalized spacial score (nSPS) is 13.2. The first kappa shape index (κ1) is 19.1. The molecular weight excluding hydrogens is 386 g/mol. The Bertz CT molecular complexity index is 1030. The number of carbonyl (C=O) groups is 2. The summed E-state index contributed by atoms with van der Waals surface area (Å²) in [5.74, 6) is 0.493. The molecule has 3 aromatic rings. The summed E-state index contributed by atoms with van der Waals surface area (Å²) in [7, 11) is 0. The third kappa shape index (κ3) is 4.14. The number of rotatable bonds is 5. The van der Waals surface area contributed by atoms with E-state index in [1.807, 2.05) is 47.8 Å². The maximum atomic E-state index is 12.6. The van der Waals surface area contributed by atoms with Crippen LogP contribution in [0.1, 0.15) is 25.3 Å². The largest absolute Gasteiger partial charge is 0.482 e. The molecule has 0 radical (unpaired) electrons. The zero-order chi connectivity index (χ0) is 20.4. The molecule has 1 aromatic heterocycles. The van der Waals surface area contributed by atoms with Gasteiger partial charge in [-0.05, 0) is 41.8 Å². The second-order valence-corrected chi connectivity index (χ2v) is 7.87. The first-order valence-corrected chi connectivity index (χ1v) is 10.3. The van der Waals surface area contributed by atoms with Crippen LogP contribution in [0.3, 0.4) is 0 Å². The van der Waals surface area contributed by atoms with Gasteiger partial charge in [-0.1, -0.05) is 26.0 Å². The molecule has 2 amide bonds. The van der Waals surface area contributed by atoms with Crippen LogP contribution in [0, 0.1) is 0 Å². The van der Waals surface area contributed by atoms with Crippen molar-refractivity contribution in [2.45, 2.75) is 19.8 Å². The van der Waals surface area contributed by atoms with Crippen molar-refractivity contribution < 1.29 is 14.3 Å². The molecule has 148 valence electrons. The number of anilines is 2. The third-order valence-corrected chi connectivity index (χ3v) is 5.38. The highest BCUT2D eigenvalue weighted by molar-refractivity contribution is 7.07. The molecule has 0 saturated heterocycles. The molecule has 0 spiro atoms. The van der Waals surface area contributed by atoms with Gasteiger partial charge >= 0.3 is 0 Å². The van der Waals surface area contributed by atoms with Gasteiger partial charge in [0, 0.05) is 16.6 Å². The van der Waals surface area contributed by atoms with Crippen molar-refractivity contribution in [1.82, 2.24) is 4.98 Å². The van der Waals surface area contributed by atoms with Crippen LogP contribution in [-0.2, 0) is 9.59 Å². The lowest BCUT2D eigenvalue weighted by Crippen LogP contribution is -2.43. The molecule has 0 unspecified atom stereocenters. The molecule has 2 heterocycles. The van der Waals surface area contributed by atoms with Crippen LogP contribution >= 0.6 is 11.3 Å². The summed E-state index contributed by atoms with van der Waals surface area (Å²) in [6.07, 6.45) is 0. The van der Waals surface area contributed by atoms with Gasteiger partial charge in [-0.25, -0.2) is 4.98 Å². The van der Waals surface area contributed by atoms with Gasteiger partial charge < -0.3 is 10.1 Å². The van der Waals surface area contributed by atoms with E-state index in [0.717, 1.165) is 11.3 Å². The topological polar surface area (TPSA) is 71.5 Å².